The van der Waals surface area contributed by atoms with Gasteiger partial charge in [-0.3, -0.25) is 38.4 Å². The molecule has 3 amide bonds. The van der Waals surface area contributed by atoms with E-state index in [1.165, 1.54) is 26.0 Å². The van der Waals surface area contributed by atoms with Crippen molar-refractivity contribution in [2.75, 3.05) is 69.7 Å². The zero-order valence-electron chi connectivity index (χ0n) is 35.7. The summed E-state index contributed by atoms with van der Waals surface area (Å²) in [5, 5.41) is 13.6. The molecule has 4 aromatic heterocycles. The Morgan fingerprint density at radius 3 is 2.56 bits per heavy atom. The third kappa shape index (κ3) is 7.79. The number of rotatable bonds is 10. The molecule has 2 N–H and O–H groups in total. The standard InChI is InChI=1S/C44H50F2N12O6/c1-52-39-30(35(63-2)11-9-33(39)58(44(52)62)34-10-12-37(59)50-43(34)61)4-3-14-53-16-18-54(19-17-53)22-26-5-7-27(8-6-26)57-24-32(38(51-57)40(45)46)48-42(60)31-21-47-56-15-13-36(49-41(31)56)55-23-29-20-28(55)25-64-29/h9,11,13,15,21,24,26-29,34,40H,5-8,10,12,14,16-20,22-23,25H2,1-2H3,(H,48,60)(H,50,59,61)/t26-,27-,28-,29-,34?/m1/s1. The van der Waals surface area contributed by atoms with Crippen LogP contribution < -0.4 is 26.0 Å². The van der Waals surface area contributed by atoms with E-state index in [1.54, 1.807) is 37.2 Å². The lowest BCUT2D eigenvalue weighted by molar-refractivity contribution is -0.135. The summed E-state index contributed by atoms with van der Waals surface area (Å²) in [5.74, 6) is 6.86. The summed E-state index contributed by atoms with van der Waals surface area (Å²) in [7, 11) is 3.20. The first-order chi connectivity index (χ1) is 31.0. The number of fused-ring (bicyclic) bond motifs is 4. The van der Waals surface area contributed by atoms with Gasteiger partial charge in [-0.1, -0.05) is 11.8 Å². The summed E-state index contributed by atoms with van der Waals surface area (Å²) in [5.41, 5.74) is 1.39. The van der Waals surface area contributed by atoms with Crippen molar-refractivity contribution in [3.05, 3.63) is 64.1 Å². The smallest absolute Gasteiger partial charge is 0.329 e. The first-order valence-electron chi connectivity index (χ1n) is 22.0. The van der Waals surface area contributed by atoms with E-state index < -0.39 is 30.0 Å². The monoisotopic (exact) mass is 880 g/mol. The molecule has 5 aliphatic rings. The maximum absolute atomic E-state index is 14.3. The van der Waals surface area contributed by atoms with Gasteiger partial charge in [0, 0.05) is 65.1 Å². The first-order valence-corrected chi connectivity index (χ1v) is 22.0. The molecule has 0 radical (unpaired) electrons. The zero-order chi connectivity index (χ0) is 44.2. The first kappa shape index (κ1) is 41.8. The summed E-state index contributed by atoms with van der Waals surface area (Å²) < 4.78 is 46.1. The van der Waals surface area contributed by atoms with Crippen LogP contribution >= 0.6 is 0 Å². The van der Waals surface area contributed by atoms with Crippen LogP contribution in [-0.2, 0) is 21.4 Å². The van der Waals surface area contributed by atoms with Crippen LogP contribution in [0.4, 0.5) is 20.3 Å². The summed E-state index contributed by atoms with van der Waals surface area (Å²) in [6.07, 6.45) is 6.79. The molecule has 4 aliphatic heterocycles. The van der Waals surface area contributed by atoms with E-state index in [-0.39, 0.29) is 53.9 Å². The second kappa shape index (κ2) is 17.1. The van der Waals surface area contributed by atoms with Crippen LogP contribution in [-0.4, -0.2) is 133 Å². The van der Waals surface area contributed by atoms with Gasteiger partial charge in [-0.05, 0) is 62.6 Å². The molecule has 64 heavy (non-hydrogen) atoms. The summed E-state index contributed by atoms with van der Waals surface area (Å²) >= 11 is 0. The number of aromatic nitrogens is 7. The van der Waals surface area contributed by atoms with Crippen LogP contribution in [0.2, 0.25) is 0 Å². The third-order valence-corrected chi connectivity index (χ3v) is 13.6. The van der Waals surface area contributed by atoms with Crippen LogP contribution in [0.1, 0.15) is 85.1 Å². The highest BCUT2D eigenvalue weighted by Gasteiger charge is 2.40. The largest absolute Gasteiger partial charge is 0.495 e. The second-order valence-corrected chi connectivity index (χ2v) is 17.5. The molecule has 8 heterocycles. The number of imidazole rings is 1. The van der Waals surface area contributed by atoms with Gasteiger partial charge in [0.2, 0.25) is 11.8 Å². The number of aryl methyl sites for hydroxylation is 1. The molecule has 20 heteroatoms. The van der Waals surface area contributed by atoms with Gasteiger partial charge in [0.25, 0.3) is 12.3 Å². The highest BCUT2D eigenvalue weighted by atomic mass is 19.3. The lowest BCUT2D eigenvalue weighted by Gasteiger charge is -2.37. The number of nitrogens with zero attached hydrogens (tertiary/aromatic N) is 10. The number of piperidine rings is 1. The van der Waals surface area contributed by atoms with Crippen molar-refractivity contribution in [1.82, 2.24) is 48.6 Å². The van der Waals surface area contributed by atoms with Crippen LogP contribution in [0, 0.1) is 17.8 Å². The molecule has 5 fully saturated rings. The molecule has 0 spiro atoms. The highest BCUT2D eigenvalue weighted by molar-refractivity contribution is 6.08. The number of amides is 3. The van der Waals surface area contributed by atoms with Crippen molar-refractivity contribution in [1.29, 1.82) is 0 Å². The minimum Gasteiger partial charge on any atom is -0.495 e. The minimum atomic E-state index is -2.87. The number of nitrogens with one attached hydrogen (secondary N) is 2. The summed E-state index contributed by atoms with van der Waals surface area (Å²) in [4.78, 5) is 63.2. The second-order valence-electron chi connectivity index (χ2n) is 17.5. The average Bonchev–Trinajstić information content (AvgIpc) is 4.15. The number of imide groups is 1. The number of alkyl halides is 2. The van der Waals surface area contributed by atoms with Crippen molar-refractivity contribution in [3.63, 3.8) is 0 Å². The Morgan fingerprint density at radius 2 is 1.84 bits per heavy atom. The van der Waals surface area contributed by atoms with Crippen molar-refractivity contribution in [3.8, 4) is 17.6 Å². The van der Waals surface area contributed by atoms with E-state index in [0.717, 1.165) is 77.2 Å². The molecule has 336 valence electrons. The maximum Gasteiger partial charge on any atom is 0.329 e. The summed E-state index contributed by atoms with van der Waals surface area (Å²) in [6, 6.07) is 4.75. The number of anilines is 2. The van der Waals surface area contributed by atoms with Crippen molar-refractivity contribution in [2.24, 2.45) is 13.0 Å². The lowest BCUT2D eigenvalue weighted by Crippen LogP contribution is -2.48. The summed E-state index contributed by atoms with van der Waals surface area (Å²) in [6.45, 7) is 6.32. The van der Waals surface area contributed by atoms with E-state index >= 15 is 0 Å². The van der Waals surface area contributed by atoms with Crippen LogP contribution in [0.5, 0.6) is 5.75 Å². The number of ether oxygens (including phenoxy) is 2. The highest BCUT2D eigenvalue weighted by Crippen LogP contribution is 2.36. The Kier molecular flexibility index (Phi) is 11.2. The van der Waals surface area contributed by atoms with Gasteiger partial charge in [-0.15, -0.1) is 0 Å². The molecule has 3 atom stereocenters. The van der Waals surface area contributed by atoms with Crippen LogP contribution in [0.25, 0.3) is 16.7 Å². The van der Waals surface area contributed by atoms with Gasteiger partial charge in [0.1, 0.15) is 23.2 Å². The molecular formula is C44H50F2N12O6. The Labute approximate surface area is 366 Å². The number of piperazine rings is 1. The predicted molar refractivity (Wildman–Crippen MR) is 230 cm³/mol. The normalized spacial score (nSPS) is 24.1. The predicted octanol–water partition coefficient (Wildman–Crippen LogP) is 3.13. The third-order valence-electron chi connectivity index (χ3n) is 13.6. The van der Waals surface area contributed by atoms with Crippen LogP contribution in [0.15, 0.2) is 41.6 Å². The van der Waals surface area contributed by atoms with Crippen molar-refractivity contribution in [2.45, 2.75) is 75.6 Å². The average molecular weight is 881 g/mol. The fourth-order valence-electron chi connectivity index (χ4n) is 10.2. The number of methoxy groups -OCH3 is 1. The maximum atomic E-state index is 14.3. The zero-order valence-corrected chi connectivity index (χ0v) is 35.7. The van der Waals surface area contributed by atoms with E-state index in [1.807, 2.05) is 6.07 Å². The van der Waals surface area contributed by atoms with Gasteiger partial charge < -0.3 is 24.6 Å². The molecule has 1 aliphatic carbocycles. The number of carbonyl (C=O) groups is 3. The molecule has 4 saturated heterocycles. The molecular weight excluding hydrogens is 831 g/mol. The van der Waals surface area contributed by atoms with Gasteiger partial charge in [-0.2, -0.15) is 10.2 Å². The van der Waals surface area contributed by atoms with Gasteiger partial charge in [-0.25, -0.2) is 23.1 Å². The van der Waals surface area contributed by atoms with E-state index in [9.17, 15) is 28.0 Å². The molecule has 18 nitrogen and oxygen atoms in total. The SMILES string of the molecule is COc1ccc2c(c1C#CCN1CCN(C[C@H]3CC[C@H](n4cc(NC(=O)c5cnn6ccc(N7C[C@H]8C[C@@H]7CO8)nc56)c(C(F)F)n4)CC3)CC1)n(C)c(=O)n2C1CCC(=O)NC1=O. The quantitative estimate of drug-likeness (QED) is 0.155. The number of morpholine rings is 1. The van der Waals surface area contributed by atoms with E-state index in [0.29, 0.717) is 47.1 Å². The molecule has 2 bridgehead atoms. The number of halogens is 2. The van der Waals surface area contributed by atoms with E-state index in [2.05, 4.69) is 47.4 Å². The van der Waals surface area contributed by atoms with Crippen molar-refractivity contribution < 1.29 is 32.6 Å². The van der Waals surface area contributed by atoms with E-state index in [4.69, 9.17) is 14.5 Å². The molecule has 1 aromatic carbocycles. The molecule has 5 aromatic rings. The molecule has 1 unspecified atom stereocenters. The minimum absolute atomic E-state index is 0.0140. The Hall–Kier alpha value is -6.17. The number of hydrogen-bond acceptors (Lipinski definition) is 12. The fourth-order valence-corrected chi connectivity index (χ4v) is 10.2. The van der Waals surface area contributed by atoms with Gasteiger partial charge in [0.05, 0.1) is 66.9 Å². The van der Waals surface area contributed by atoms with Gasteiger partial charge >= 0.3 is 5.69 Å². The number of benzene rings is 1. The fraction of sp³-hybridized carbons (Fsp3) is 0.523. The van der Waals surface area contributed by atoms with Gasteiger partial charge in [0.15, 0.2) is 11.3 Å². The Balaban J connectivity index is 0.730. The Morgan fingerprint density at radius 1 is 1.05 bits per heavy atom. The number of hydrogen-bond donors (Lipinski definition) is 2. The van der Waals surface area contributed by atoms with Crippen molar-refractivity contribution >= 4 is 45.9 Å². The van der Waals surface area contributed by atoms with Crippen LogP contribution in [0.3, 0.4) is 0 Å². The number of carbonyl (C=O) groups excluding carboxylic acids is 3. The topological polar surface area (TPSA) is 178 Å². The molecule has 10 rings (SSSR count). The molecule has 1 saturated carbocycles. The lowest BCUT2D eigenvalue weighted by atomic mass is 9.85. The Bertz CT molecular complexity index is 2750.